The lowest BCUT2D eigenvalue weighted by Gasteiger charge is -2.35. The van der Waals surface area contributed by atoms with Gasteiger partial charge in [0.2, 0.25) is 0 Å². The fourth-order valence-corrected chi connectivity index (χ4v) is 4.51. The number of fused-ring (bicyclic) bond motifs is 1. The zero-order valence-corrected chi connectivity index (χ0v) is 22.0. The van der Waals surface area contributed by atoms with Gasteiger partial charge in [-0.1, -0.05) is 47.5 Å². The lowest BCUT2D eigenvalue weighted by Crippen LogP contribution is -2.42. The van der Waals surface area contributed by atoms with E-state index in [1.807, 2.05) is 54.6 Å². The highest BCUT2D eigenvalue weighted by molar-refractivity contribution is 6.32. The minimum atomic E-state index is -0.0975. The molecule has 1 N–H and O–H groups in total. The summed E-state index contributed by atoms with van der Waals surface area (Å²) < 4.78 is 0. The summed E-state index contributed by atoms with van der Waals surface area (Å²) in [4.78, 5) is 7.36. The molecule has 176 valence electrons. The fourth-order valence-electron chi connectivity index (χ4n) is 4.14. The monoisotopic (exact) mass is 483 g/mol. The minimum absolute atomic E-state index is 0.0975. The molecule has 0 amide bonds. The number of nitrogens with one attached hydrogen (secondary N) is 1. The van der Waals surface area contributed by atoms with Gasteiger partial charge in [-0.2, -0.15) is 0 Å². The molecule has 0 saturated heterocycles. The molecule has 0 spiro atoms. The molecule has 3 rings (SSSR count). The van der Waals surface area contributed by atoms with Crippen molar-refractivity contribution < 1.29 is 0 Å². The molecule has 3 nitrogen and oxygen atoms in total. The Bertz CT molecular complexity index is 1110. The predicted octanol–water partition coefficient (Wildman–Crippen LogP) is 8.41. The van der Waals surface area contributed by atoms with Gasteiger partial charge in [-0.3, -0.25) is 4.90 Å². The van der Waals surface area contributed by atoms with Gasteiger partial charge in [0.1, 0.15) is 0 Å². The molecule has 3 aromatic rings. The number of hydrogen-bond donors (Lipinski definition) is 1. The SMILES string of the molecule is CC(C)N(CCC(C)(C)Nc1cc(/C=C/c2ccccc2Cl)nc2cc(Cl)ccc12)C(C)C. The van der Waals surface area contributed by atoms with Crippen molar-refractivity contribution in [1.29, 1.82) is 0 Å². The quantitative estimate of drug-likeness (QED) is 0.330. The second-order valence-electron chi connectivity index (χ2n) is 9.80. The molecular weight excluding hydrogens is 449 g/mol. The van der Waals surface area contributed by atoms with E-state index in [1.54, 1.807) is 0 Å². The van der Waals surface area contributed by atoms with E-state index in [0.717, 1.165) is 45.8 Å². The van der Waals surface area contributed by atoms with Gasteiger partial charge < -0.3 is 5.32 Å². The molecule has 1 heterocycles. The van der Waals surface area contributed by atoms with Crippen LogP contribution in [0.3, 0.4) is 0 Å². The van der Waals surface area contributed by atoms with E-state index in [1.165, 1.54) is 0 Å². The van der Waals surface area contributed by atoms with Crippen LogP contribution in [-0.4, -0.2) is 34.1 Å². The van der Waals surface area contributed by atoms with Gasteiger partial charge in [-0.15, -0.1) is 0 Å². The highest BCUT2D eigenvalue weighted by Gasteiger charge is 2.22. The standard InChI is InChI=1S/C28H35Cl2N3/c1-19(2)33(20(3)4)16-15-28(5,6)32-27-18-23(13-11-21-9-7-8-10-25(21)30)31-26-17-22(29)12-14-24(26)27/h7-14,17-20H,15-16H2,1-6H3,(H,31,32)/b13-11+. The number of hydrogen-bond acceptors (Lipinski definition) is 3. The average molecular weight is 485 g/mol. The number of nitrogens with zero attached hydrogens (tertiary/aromatic N) is 2. The summed E-state index contributed by atoms with van der Waals surface area (Å²) in [6.45, 7) is 14.6. The zero-order chi connectivity index (χ0) is 24.2. The Morgan fingerprint density at radius 2 is 1.67 bits per heavy atom. The number of anilines is 1. The van der Waals surface area contributed by atoms with Crippen LogP contribution >= 0.6 is 23.2 Å². The van der Waals surface area contributed by atoms with Crippen LogP contribution in [0.2, 0.25) is 10.0 Å². The smallest absolute Gasteiger partial charge is 0.0744 e. The van der Waals surface area contributed by atoms with E-state index in [-0.39, 0.29) is 5.54 Å². The van der Waals surface area contributed by atoms with Gasteiger partial charge >= 0.3 is 0 Å². The van der Waals surface area contributed by atoms with Gasteiger partial charge in [0.05, 0.1) is 11.2 Å². The third kappa shape index (κ3) is 6.96. The summed E-state index contributed by atoms with van der Waals surface area (Å²) >= 11 is 12.6. The van der Waals surface area contributed by atoms with Crippen LogP contribution in [0.25, 0.3) is 23.1 Å². The Morgan fingerprint density at radius 1 is 0.970 bits per heavy atom. The van der Waals surface area contributed by atoms with Crippen LogP contribution in [0, 0.1) is 0 Å². The number of rotatable bonds is 9. The van der Waals surface area contributed by atoms with Crippen molar-refractivity contribution in [2.75, 3.05) is 11.9 Å². The van der Waals surface area contributed by atoms with Gasteiger partial charge in [0, 0.05) is 45.3 Å². The lowest BCUT2D eigenvalue weighted by molar-refractivity contribution is 0.164. The lowest BCUT2D eigenvalue weighted by atomic mass is 9.98. The van der Waals surface area contributed by atoms with E-state index < -0.39 is 0 Å². The molecule has 0 aliphatic carbocycles. The first-order valence-corrected chi connectivity index (χ1v) is 12.4. The number of halogens is 2. The molecule has 0 radical (unpaired) electrons. The van der Waals surface area contributed by atoms with Gasteiger partial charge in [-0.25, -0.2) is 4.98 Å². The van der Waals surface area contributed by atoms with Crippen molar-refractivity contribution in [2.45, 2.75) is 65.6 Å². The Balaban J connectivity index is 1.91. The minimum Gasteiger partial charge on any atom is -0.380 e. The molecule has 0 atom stereocenters. The summed E-state index contributed by atoms with van der Waals surface area (Å²) in [5, 5.41) is 6.25. The average Bonchev–Trinajstić information content (AvgIpc) is 2.72. The molecule has 0 unspecified atom stereocenters. The first kappa shape index (κ1) is 25.6. The largest absolute Gasteiger partial charge is 0.380 e. The van der Waals surface area contributed by atoms with Crippen LogP contribution in [0.15, 0.2) is 48.5 Å². The van der Waals surface area contributed by atoms with Gasteiger partial charge in [0.15, 0.2) is 0 Å². The first-order valence-electron chi connectivity index (χ1n) is 11.6. The van der Waals surface area contributed by atoms with Crippen molar-refractivity contribution in [3.05, 3.63) is 69.8 Å². The number of benzene rings is 2. The van der Waals surface area contributed by atoms with Crippen LogP contribution in [0.1, 0.15) is 59.2 Å². The van der Waals surface area contributed by atoms with Crippen LogP contribution < -0.4 is 5.32 Å². The van der Waals surface area contributed by atoms with Crippen molar-refractivity contribution in [3.63, 3.8) is 0 Å². The van der Waals surface area contributed by atoms with Crippen molar-refractivity contribution >= 4 is 51.9 Å². The van der Waals surface area contributed by atoms with Crippen LogP contribution in [0.4, 0.5) is 5.69 Å². The Kier molecular flexibility index (Phi) is 8.44. The molecule has 1 aromatic heterocycles. The maximum atomic E-state index is 6.32. The number of aromatic nitrogens is 1. The van der Waals surface area contributed by atoms with Crippen LogP contribution in [0.5, 0.6) is 0 Å². The third-order valence-electron chi connectivity index (χ3n) is 5.93. The zero-order valence-electron chi connectivity index (χ0n) is 20.5. The second kappa shape index (κ2) is 10.9. The Morgan fingerprint density at radius 3 is 2.33 bits per heavy atom. The van der Waals surface area contributed by atoms with Crippen molar-refractivity contribution in [3.8, 4) is 0 Å². The van der Waals surface area contributed by atoms with Crippen molar-refractivity contribution in [1.82, 2.24) is 9.88 Å². The molecule has 0 aliphatic rings. The predicted molar refractivity (Wildman–Crippen MR) is 146 cm³/mol. The molecule has 2 aromatic carbocycles. The van der Waals surface area contributed by atoms with Gasteiger partial charge in [0.25, 0.3) is 0 Å². The van der Waals surface area contributed by atoms with E-state index in [9.17, 15) is 0 Å². The summed E-state index contributed by atoms with van der Waals surface area (Å²) in [6.07, 6.45) is 5.02. The summed E-state index contributed by atoms with van der Waals surface area (Å²) in [5.41, 5.74) is 3.65. The molecule has 0 saturated carbocycles. The third-order valence-corrected chi connectivity index (χ3v) is 6.50. The maximum absolute atomic E-state index is 6.32. The highest BCUT2D eigenvalue weighted by Crippen LogP contribution is 2.30. The van der Waals surface area contributed by atoms with E-state index in [0.29, 0.717) is 17.1 Å². The van der Waals surface area contributed by atoms with Crippen LogP contribution in [-0.2, 0) is 0 Å². The second-order valence-corrected chi connectivity index (χ2v) is 10.6. The fraction of sp³-hybridized carbons (Fsp3) is 0.393. The molecule has 0 fully saturated rings. The maximum Gasteiger partial charge on any atom is 0.0744 e. The summed E-state index contributed by atoms with van der Waals surface area (Å²) in [6, 6.07) is 16.8. The summed E-state index contributed by atoms with van der Waals surface area (Å²) in [7, 11) is 0. The summed E-state index contributed by atoms with van der Waals surface area (Å²) in [5.74, 6) is 0. The van der Waals surface area contributed by atoms with Crippen molar-refractivity contribution in [2.24, 2.45) is 0 Å². The molecular formula is C28H35Cl2N3. The Labute approximate surface area is 208 Å². The number of pyridine rings is 1. The van der Waals surface area contributed by atoms with E-state index in [2.05, 4.69) is 57.8 Å². The molecule has 5 heteroatoms. The molecule has 0 bridgehead atoms. The normalized spacial score (nSPS) is 12.6. The molecule has 33 heavy (non-hydrogen) atoms. The highest BCUT2D eigenvalue weighted by atomic mass is 35.5. The van der Waals surface area contributed by atoms with Gasteiger partial charge in [-0.05, 0) is 89.9 Å². The molecule has 0 aliphatic heterocycles. The van der Waals surface area contributed by atoms with E-state index in [4.69, 9.17) is 28.2 Å². The Hall–Kier alpha value is -2.07. The first-order chi connectivity index (χ1) is 15.6. The van der Waals surface area contributed by atoms with E-state index >= 15 is 0 Å². The topological polar surface area (TPSA) is 28.2 Å².